The molecule has 1 aromatic heterocycles. The molecular weight excluding hydrogens is 268 g/mol. The van der Waals surface area contributed by atoms with Gasteiger partial charge in [-0.15, -0.1) is 0 Å². The lowest BCUT2D eigenvalue weighted by molar-refractivity contribution is 0.641. The zero-order valence-electron chi connectivity index (χ0n) is 12.2. The molecule has 0 spiro atoms. The number of hydrogen-bond donors (Lipinski definition) is 0. The van der Waals surface area contributed by atoms with Crippen molar-refractivity contribution in [2.45, 2.75) is 32.9 Å². The summed E-state index contributed by atoms with van der Waals surface area (Å²) in [5.41, 5.74) is 2.68. The van der Waals surface area contributed by atoms with Crippen molar-refractivity contribution in [3.05, 3.63) is 35.7 Å². The highest BCUT2D eigenvalue weighted by atomic mass is 32.1. The van der Waals surface area contributed by atoms with Crippen molar-refractivity contribution in [2.75, 3.05) is 23.4 Å². The lowest BCUT2D eigenvalue weighted by Gasteiger charge is -2.27. The zero-order valence-corrected chi connectivity index (χ0v) is 13.0. The fourth-order valence-corrected chi connectivity index (χ4v) is 3.56. The second-order valence-corrected chi connectivity index (χ2v) is 6.06. The Labute approximate surface area is 124 Å². The van der Waals surface area contributed by atoms with Crippen LogP contribution in [-0.2, 0) is 13.0 Å². The summed E-state index contributed by atoms with van der Waals surface area (Å²) in [5, 5.41) is 1.04. The molecule has 3 rings (SSSR count). The molecule has 1 aliphatic heterocycles. The molecule has 20 heavy (non-hydrogen) atoms. The average molecular weight is 288 g/mol. The molecular formula is C15H20N4S. The van der Waals surface area contributed by atoms with Crippen LogP contribution in [0.5, 0.6) is 0 Å². The molecule has 0 N–H and O–H groups in total. The van der Waals surface area contributed by atoms with Gasteiger partial charge in [0.2, 0.25) is 5.13 Å². The molecule has 0 aliphatic carbocycles. The fourth-order valence-electron chi connectivity index (χ4n) is 2.71. The standard InChI is InChI=1S/C15H20N4S/c1-4-14-16-15(20-17-14)19-10-12-7-5-6-8-13(12)18(3)9-11(19)2/h5-8,11H,4,9-10H2,1-3H3. The van der Waals surface area contributed by atoms with E-state index in [9.17, 15) is 0 Å². The van der Waals surface area contributed by atoms with Crippen molar-refractivity contribution in [1.29, 1.82) is 0 Å². The molecule has 5 heteroatoms. The Kier molecular flexibility index (Phi) is 3.61. The Hall–Kier alpha value is -1.62. The molecule has 0 saturated carbocycles. The van der Waals surface area contributed by atoms with E-state index in [1.165, 1.54) is 22.8 Å². The van der Waals surface area contributed by atoms with E-state index in [0.717, 1.165) is 30.5 Å². The van der Waals surface area contributed by atoms with Gasteiger partial charge in [-0.3, -0.25) is 0 Å². The molecule has 0 bridgehead atoms. The summed E-state index contributed by atoms with van der Waals surface area (Å²) in [5.74, 6) is 0.947. The summed E-state index contributed by atoms with van der Waals surface area (Å²) >= 11 is 1.52. The van der Waals surface area contributed by atoms with Crippen LogP contribution in [0.1, 0.15) is 25.2 Å². The van der Waals surface area contributed by atoms with Crippen molar-refractivity contribution in [1.82, 2.24) is 9.36 Å². The molecule has 0 radical (unpaired) electrons. The van der Waals surface area contributed by atoms with Gasteiger partial charge in [0.05, 0.1) is 0 Å². The maximum atomic E-state index is 4.66. The van der Waals surface area contributed by atoms with Crippen LogP contribution < -0.4 is 9.80 Å². The van der Waals surface area contributed by atoms with Crippen molar-refractivity contribution in [3.63, 3.8) is 0 Å². The number of nitrogens with zero attached hydrogens (tertiary/aromatic N) is 4. The predicted octanol–water partition coefficient (Wildman–Crippen LogP) is 2.95. The van der Waals surface area contributed by atoms with E-state index in [2.05, 4.69) is 64.3 Å². The highest BCUT2D eigenvalue weighted by molar-refractivity contribution is 7.09. The monoisotopic (exact) mass is 288 g/mol. The van der Waals surface area contributed by atoms with Crippen LogP contribution in [0.2, 0.25) is 0 Å². The molecule has 1 aromatic carbocycles. The summed E-state index contributed by atoms with van der Waals surface area (Å²) in [6.07, 6.45) is 0.898. The van der Waals surface area contributed by atoms with Gasteiger partial charge < -0.3 is 9.80 Å². The number of rotatable bonds is 2. The summed E-state index contributed by atoms with van der Waals surface area (Å²) in [6, 6.07) is 9.04. The molecule has 4 nitrogen and oxygen atoms in total. The Morgan fingerprint density at radius 2 is 2.15 bits per heavy atom. The van der Waals surface area contributed by atoms with Crippen molar-refractivity contribution in [3.8, 4) is 0 Å². The first kappa shape index (κ1) is 13.4. The number of likely N-dealkylation sites (N-methyl/N-ethyl adjacent to an activating group) is 1. The number of fused-ring (bicyclic) bond motifs is 1. The SMILES string of the molecule is CCc1nsc(N2Cc3ccccc3N(C)CC2C)n1. The number of anilines is 2. The number of aryl methyl sites for hydroxylation is 1. The second kappa shape index (κ2) is 5.40. The van der Waals surface area contributed by atoms with E-state index >= 15 is 0 Å². The fraction of sp³-hybridized carbons (Fsp3) is 0.467. The minimum absolute atomic E-state index is 0.421. The normalized spacial score (nSPS) is 18.9. The molecule has 0 saturated heterocycles. The molecule has 0 amide bonds. The third kappa shape index (κ3) is 2.38. The maximum Gasteiger partial charge on any atom is 0.205 e. The lowest BCUT2D eigenvalue weighted by Crippen LogP contribution is -2.38. The largest absolute Gasteiger partial charge is 0.372 e. The van der Waals surface area contributed by atoms with Gasteiger partial charge in [-0.1, -0.05) is 25.1 Å². The first-order valence-electron chi connectivity index (χ1n) is 7.07. The number of benzene rings is 1. The summed E-state index contributed by atoms with van der Waals surface area (Å²) in [4.78, 5) is 9.37. The van der Waals surface area contributed by atoms with Gasteiger partial charge in [0.15, 0.2) is 0 Å². The van der Waals surface area contributed by atoms with Gasteiger partial charge in [0, 0.05) is 49.8 Å². The van der Waals surface area contributed by atoms with E-state index in [4.69, 9.17) is 0 Å². The van der Waals surface area contributed by atoms with Crippen molar-refractivity contribution in [2.24, 2.45) is 0 Å². The maximum absolute atomic E-state index is 4.66. The van der Waals surface area contributed by atoms with Gasteiger partial charge in [0.25, 0.3) is 0 Å². The van der Waals surface area contributed by atoms with E-state index in [1.54, 1.807) is 0 Å². The minimum Gasteiger partial charge on any atom is -0.372 e. The van der Waals surface area contributed by atoms with Crippen LogP contribution in [0.3, 0.4) is 0 Å². The number of para-hydroxylation sites is 1. The Bertz CT molecular complexity index is 595. The summed E-state index contributed by atoms with van der Waals surface area (Å²) in [7, 11) is 2.16. The van der Waals surface area contributed by atoms with Crippen LogP contribution in [0, 0.1) is 0 Å². The number of aromatic nitrogens is 2. The van der Waals surface area contributed by atoms with Crippen molar-refractivity contribution < 1.29 is 0 Å². The van der Waals surface area contributed by atoms with Crippen LogP contribution in [-0.4, -0.2) is 29.0 Å². The van der Waals surface area contributed by atoms with E-state index in [-0.39, 0.29) is 0 Å². The van der Waals surface area contributed by atoms with Crippen molar-refractivity contribution >= 4 is 22.4 Å². The zero-order chi connectivity index (χ0) is 14.1. The van der Waals surface area contributed by atoms with Crippen LogP contribution in [0.4, 0.5) is 10.8 Å². The van der Waals surface area contributed by atoms with E-state index in [0.29, 0.717) is 6.04 Å². The molecule has 1 unspecified atom stereocenters. The van der Waals surface area contributed by atoms with E-state index < -0.39 is 0 Å². The van der Waals surface area contributed by atoms with Crippen LogP contribution in [0.15, 0.2) is 24.3 Å². The van der Waals surface area contributed by atoms with Gasteiger partial charge in [-0.05, 0) is 18.6 Å². The van der Waals surface area contributed by atoms with Gasteiger partial charge >= 0.3 is 0 Å². The highest BCUT2D eigenvalue weighted by Gasteiger charge is 2.25. The molecule has 2 aromatic rings. The first-order chi connectivity index (χ1) is 9.69. The van der Waals surface area contributed by atoms with Gasteiger partial charge in [-0.25, -0.2) is 4.98 Å². The van der Waals surface area contributed by atoms with Crippen LogP contribution in [0.25, 0.3) is 0 Å². The van der Waals surface area contributed by atoms with Gasteiger partial charge in [0.1, 0.15) is 5.82 Å². The predicted molar refractivity (Wildman–Crippen MR) is 84.6 cm³/mol. The molecule has 1 aliphatic rings. The Morgan fingerprint density at radius 1 is 1.35 bits per heavy atom. The molecule has 1 atom stereocenters. The van der Waals surface area contributed by atoms with Crippen LogP contribution >= 0.6 is 11.5 Å². The molecule has 0 fully saturated rings. The number of hydrogen-bond acceptors (Lipinski definition) is 5. The summed E-state index contributed by atoms with van der Waals surface area (Å²) < 4.78 is 4.43. The Morgan fingerprint density at radius 3 is 2.90 bits per heavy atom. The lowest BCUT2D eigenvalue weighted by atomic mass is 10.1. The van der Waals surface area contributed by atoms with E-state index in [1.807, 2.05) is 0 Å². The Balaban J connectivity index is 1.96. The molecule has 2 heterocycles. The van der Waals surface area contributed by atoms with Gasteiger partial charge in [-0.2, -0.15) is 4.37 Å². The smallest absolute Gasteiger partial charge is 0.205 e. The summed E-state index contributed by atoms with van der Waals surface area (Å²) in [6.45, 7) is 6.26. The quantitative estimate of drug-likeness (QED) is 0.850. The third-order valence-corrected chi connectivity index (χ3v) is 4.62. The second-order valence-electron chi connectivity index (χ2n) is 5.33. The topological polar surface area (TPSA) is 32.3 Å². The minimum atomic E-state index is 0.421. The average Bonchev–Trinajstić information content (AvgIpc) is 2.88. The molecule has 106 valence electrons. The third-order valence-electron chi connectivity index (χ3n) is 3.83. The highest BCUT2D eigenvalue weighted by Crippen LogP contribution is 2.30. The first-order valence-corrected chi connectivity index (χ1v) is 7.84.